The first-order valence-electron chi connectivity index (χ1n) is 5.50. The zero-order chi connectivity index (χ0) is 13.1. The van der Waals surface area contributed by atoms with Gasteiger partial charge in [0.05, 0.1) is 10.9 Å². The van der Waals surface area contributed by atoms with Gasteiger partial charge in [0.25, 0.3) is 5.56 Å². The number of H-pyrrole nitrogens is 1. The average molecular weight is 264 g/mol. The van der Waals surface area contributed by atoms with Crippen molar-refractivity contribution in [2.45, 2.75) is 23.8 Å². The van der Waals surface area contributed by atoms with Gasteiger partial charge >= 0.3 is 5.97 Å². The van der Waals surface area contributed by atoms with Crippen LogP contribution in [0.15, 0.2) is 34.2 Å². The van der Waals surface area contributed by atoms with Crippen molar-refractivity contribution < 1.29 is 9.90 Å². The molecule has 1 aromatic heterocycles. The molecule has 0 aliphatic carbocycles. The highest BCUT2D eigenvalue weighted by molar-refractivity contribution is 8.00. The van der Waals surface area contributed by atoms with Crippen molar-refractivity contribution in [1.82, 2.24) is 9.97 Å². The Morgan fingerprint density at radius 1 is 1.50 bits per heavy atom. The number of nitrogens with zero attached hydrogens (tertiary/aromatic N) is 1. The molecule has 0 radical (unpaired) electrons. The van der Waals surface area contributed by atoms with E-state index in [4.69, 9.17) is 5.11 Å². The third kappa shape index (κ3) is 2.53. The van der Waals surface area contributed by atoms with Crippen molar-refractivity contribution in [3.05, 3.63) is 34.6 Å². The fourth-order valence-electron chi connectivity index (χ4n) is 1.56. The summed E-state index contributed by atoms with van der Waals surface area (Å²) in [4.78, 5) is 29.6. The molecule has 0 aliphatic heterocycles. The maximum absolute atomic E-state index is 11.8. The van der Waals surface area contributed by atoms with Gasteiger partial charge in [-0.2, -0.15) is 0 Å². The minimum absolute atomic E-state index is 0.247. The second-order valence-electron chi connectivity index (χ2n) is 3.74. The van der Waals surface area contributed by atoms with E-state index in [1.807, 2.05) is 0 Å². The smallest absolute Gasteiger partial charge is 0.317 e. The van der Waals surface area contributed by atoms with Crippen LogP contribution in [-0.2, 0) is 4.79 Å². The third-order valence-corrected chi connectivity index (χ3v) is 3.73. The number of carboxylic acid groups (broad SMARTS) is 1. The molecule has 1 atom stereocenters. The predicted molar refractivity (Wildman–Crippen MR) is 69.9 cm³/mol. The van der Waals surface area contributed by atoms with Gasteiger partial charge in [0.1, 0.15) is 5.25 Å². The van der Waals surface area contributed by atoms with Gasteiger partial charge in [0, 0.05) is 0 Å². The lowest BCUT2D eigenvalue weighted by Gasteiger charge is -2.08. The number of benzene rings is 1. The SMILES string of the molecule is CC[C@H](Sc1nc2ccccc2c(=O)[nH]1)C(=O)O. The van der Waals surface area contributed by atoms with Crippen LogP contribution in [0.5, 0.6) is 0 Å². The lowest BCUT2D eigenvalue weighted by atomic mass is 10.2. The van der Waals surface area contributed by atoms with Gasteiger partial charge < -0.3 is 10.1 Å². The van der Waals surface area contributed by atoms with Gasteiger partial charge in [-0.3, -0.25) is 9.59 Å². The highest BCUT2D eigenvalue weighted by Gasteiger charge is 2.18. The third-order valence-electron chi connectivity index (χ3n) is 2.49. The molecule has 2 N–H and O–H groups in total. The number of fused-ring (bicyclic) bond motifs is 1. The van der Waals surface area contributed by atoms with Crippen LogP contribution in [0.2, 0.25) is 0 Å². The molecule has 0 saturated carbocycles. The lowest BCUT2D eigenvalue weighted by Crippen LogP contribution is -2.17. The highest BCUT2D eigenvalue weighted by Crippen LogP contribution is 2.22. The quantitative estimate of drug-likeness (QED) is 0.650. The molecular formula is C12H12N2O3S. The molecule has 94 valence electrons. The molecule has 0 saturated heterocycles. The topological polar surface area (TPSA) is 83.0 Å². The lowest BCUT2D eigenvalue weighted by molar-refractivity contribution is -0.136. The van der Waals surface area contributed by atoms with Gasteiger partial charge in [-0.15, -0.1) is 0 Å². The van der Waals surface area contributed by atoms with Crippen LogP contribution in [0.25, 0.3) is 10.9 Å². The summed E-state index contributed by atoms with van der Waals surface area (Å²) in [5, 5.41) is 9.22. The fourth-order valence-corrected chi connectivity index (χ4v) is 2.40. The summed E-state index contributed by atoms with van der Waals surface area (Å²) in [6.07, 6.45) is 0.469. The molecule has 2 aromatic rings. The zero-order valence-electron chi connectivity index (χ0n) is 9.71. The summed E-state index contributed by atoms with van der Waals surface area (Å²) in [6, 6.07) is 6.97. The summed E-state index contributed by atoms with van der Waals surface area (Å²) in [7, 11) is 0. The summed E-state index contributed by atoms with van der Waals surface area (Å²) in [5.41, 5.74) is 0.326. The molecule has 0 aliphatic rings. The molecule has 5 nitrogen and oxygen atoms in total. The van der Waals surface area contributed by atoms with Gasteiger partial charge in [-0.05, 0) is 18.6 Å². The number of nitrogens with one attached hydrogen (secondary N) is 1. The monoisotopic (exact) mass is 264 g/mol. The largest absolute Gasteiger partial charge is 0.480 e. The number of thioether (sulfide) groups is 1. The number of rotatable bonds is 4. The summed E-state index contributed by atoms with van der Waals surface area (Å²) >= 11 is 1.06. The van der Waals surface area contributed by atoms with Crippen molar-refractivity contribution in [2.24, 2.45) is 0 Å². The molecule has 0 amide bonds. The minimum atomic E-state index is -0.904. The van der Waals surface area contributed by atoms with Crippen LogP contribution in [-0.4, -0.2) is 26.3 Å². The Morgan fingerprint density at radius 3 is 2.89 bits per heavy atom. The Bertz CT molecular complexity index is 639. The van der Waals surface area contributed by atoms with Crippen molar-refractivity contribution in [3.8, 4) is 0 Å². The molecule has 0 unspecified atom stereocenters. The second kappa shape index (κ2) is 5.22. The van der Waals surface area contributed by atoms with Gasteiger partial charge in [0.2, 0.25) is 0 Å². The van der Waals surface area contributed by atoms with Crippen molar-refractivity contribution >= 4 is 28.6 Å². The van der Waals surface area contributed by atoms with Crippen LogP contribution >= 0.6 is 11.8 Å². The molecule has 0 fully saturated rings. The van der Waals surface area contributed by atoms with E-state index in [1.165, 1.54) is 0 Å². The van der Waals surface area contributed by atoms with Crippen molar-refractivity contribution in [3.63, 3.8) is 0 Å². The van der Waals surface area contributed by atoms with Crippen LogP contribution in [0.3, 0.4) is 0 Å². The number of aromatic amines is 1. The Hall–Kier alpha value is -1.82. The molecule has 0 bridgehead atoms. The molecule has 2 rings (SSSR count). The first-order chi connectivity index (χ1) is 8.61. The highest BCUT2D eigenvalue weighted by atomic mass is 32.2. The number of para-hydroxylation sites is 1. The number of aromatic nitrogens is 2. The molecule has 1 heterocycles. The normalized spacial score (nSPS) is 12.5. The first kappa shape index (κ1) is 12.6. The number of carbonyl (C=O) groups is 1. The maximum Gasteiger partial charge on any atom is 0.317 e. The van der Waals surface area contributed by atoms with E-state index in [1.54, 1.807) is 31.2 Å². The molecule has 6 heteroatoms. The van der Waals surface area contributed by atoms with Crippen molar-refractivity contribution in [2.75, 3.05) is 0 Å². The fraction of sp³-hybridized carbons (Fsp3) is 0.250. The predicted octanol–water partition coefficient (Wildman–Crippen LogP) is 1.88. The Morgan fingerprint density at radius 2 is 2.22 bits per heavy atom. The van der Waals surface area contributed by atoms with E-state index in [0.717, 1.165) is 11.8 Å². The summed E-state index contributed by atoms with van der Waals surface area (Å²) < 4.78 is 0. The Labute approximate surface area is 107 Å². The minimum Gasteiger partial charge on any atom is -0.480 e. The number of hydrogen-bond acceptors (Lipinski definition) is 4. The number of aliphatic carboxylic acids is 1. The van der Waals surface area contributed by atoms with E-state index >= 15 is 0 Å². The van der Waals surface area contributed by atoms with E-state index < -0.39 is 11.2 Å². The van der Waals surface area contributed by atoms with E-state index in [2.05, 4.69) is 9.97 Å². The van der Waals surface area contributed by atoms with Crippen molar-refractivity contribution in [1.29, 1.82) is 0 Å². The number of hydrogen-bond donors (Lipinski definition) is 2. The average Bonchev–Trinajstić information content (AvgIpc) is 2.35. The van der Waals surface area contributed by atoms with Crippen LogP contribution < -0.4 is 5.56 Å². The van der Waals surface area contributed by atoms with Crippen LogP contribution in [0.1, 0.15) is 13.3 Å². The molecule has 0 spiro atoms. The number of carboxylic acids is 1. The summed E-state index contributed by atoms with van der Waals surface area (Å²) in [5.74, 6) is -0.904. The van der Waals surface area contributed by atoms with Gasteiger partial charge in [0.15, 0.2) is 5.16 Å². The van der Waals surface area contributed by atoms with Gasteiger partial charge in [-0.25, -0.2) is 4.98 Å². The molecule has 1 aromatic carbocycles. The van der Waals surface area contributed by atoms with Crippen LogP contribution in [0.4, 0.5) is 0 Å². The Balaban J connectivity index is 2.41. The summed E-state index contributed by atoms with van der Waals surface area (Å²) in [6.45, 7) is 1.78. The van der Waals surface area contributed by atoms with Gasteiger partial charge in [-0.1, -0.05) is 30.8 Å². The Kier molecular flexibility index (Phi) is 3.66. The van der Waals surface area contributed by atoms with E-state index in [0.29, 0.717) is 22.5 Å². The second-order valence-corrected chi connectivity index (χ2v) is 4.93. The van der Waals surface area contributed by atoms with Crippen LogP contribution in [0, 0.1) is 0 Å². The van der Waals surface area contributed by atoms with E-state index in [9.17, 15) is 9.59 Å². The molecule has 18 heavy (non-hydrogen) atoms. The zero-order valence-corrected chi connectivity index (χ0v) is 10.5. The molecular weight excluding hydrogens is 252 g/mol. The standard InChI is InChI=1S/C12H12N2O3S/c1-2-9(11(16)17)18-12-13-8-6-4-3-5-7(8)10(15)14-12/h3-6,9H,2H2,1H3,(H,16,17)(H,13,14,15)/t9-/m0/s1. The maximum atomic E-state index is 11.8. The first-order valence-corrected chi connectivity index (χ1v) is 6.38. The van der Waals surface area contributed by atoms with E-state index in [-0.39, 0.29) is 5.56 Å².